The van der Waals surface area contributed by atoms with Gasteiger partial charge in [-0.25, -0.2) is 4.79 Å². The number of benzene rings is 2. The van der Waals surface area contributed by atoms with E-state index in [9.17, 15) is 24.4 Å². The predicted molar refractivity (Wildman–Crippen MR) is 178 cm³/mol. The molecule has 2 aromatic rings. The molecule has 2 aliphatic heterocycles. The number of rotatable bonds is 15. The van der Waals surface area contributed by atoms with Crippen LogP contribution in [0.2, 0.25) is 0 Å². The summed E-state index contributed by atoms with van der Waals surface area (Å²) in [4.78, 5) is 55.8. The van der Waals surface area contributed by atoms with Gasteiger partial charge in [-0.2, -0.15) is 17.0 Å². The number of ether oxygens (including phenoxy) is 1. The zero-order valence-corrected chi connectivity index (χ0v) is 27.9. The monoisotopic (exact) mass is 647 g/mol. The van der Waals surface area contributed by atoms with Crippen LogP contribution in [0.4, 0.5) is 0 Å². The number of ketones is 1. The van der Waals surface area contributed by atoms with Crippen LogP contribution in [-0.2, 0) is 43.4 Å². The molecule has 0 radical (unpaired) electrons. The summed E-state index contributed by atoms with van der Waals surface area (Å²) in [6, 6.07) is 14.0. The molecule has 3 N–H and O–H groups in total. The van der Waals surface area contributed by atoms with Crippen molar-refractivity contribution in [2.75, 3.05) is 19.1 Å². The van der Waals surface area contributed by atoms with E-state index >= 15 is 0 Å². The summed E-state index contributed by atoms with van der Waals surface area (Å²) in [6.07, 6.45) is 4.17. The Morgan fingerprint density at radius 1 is 1.15 bits per heavy atom. The first-order chi connectivity index (χ1) is 22.2. The zero-order chi connectivity index (χ0) is 33.2. The number of nitriles is 1. The van der Waals surface area contributed by atoms with Gasteiger partial charge in [0, 0.05) is 25.6 Å². The fourth-order valence-corrected chi connectivity index (χ4v) is 6.84. The van der Waals surface area contributed by atoms with E-state index in [0.29, 0.717) is 43.7 Å². The van der Waals surface area contributed by atoms with Crippen LogP contribution in [0.15, 0.2) is 48.5 Å². The van der Waals surface area contributed by atoms with Crippen molar-refractivity contribution in [2.45, 2.75) is 89.3 Å². The van der Waals surface area contributed by atoms with E-state index in [1.807, 2.05) is 47.6 Å². The third kappa shape index (κ3) is 8.55. The van der Waals surface area contributed by atoms with Crippen LogP contribution < -0.4 is 16.0 Å². The Kier molecular flexibility index (Phi) is 12.8. The molecule has 2 amide bonds. The topological polar surface area (TPSA) is 141 Å². The molecule has 0 aliphatic carbocycles. The number of Topliss-reactive ketones (excluding diaryl/α,β-unsaturated/α-hetero) is 1. The maximum atomic E-state index is 14.6. The van der Waals surface area contributed by atoms with Crippen LogP contribution in [-0.4, -0.2) is 77.8 Å². The molecule has 0 spiro atoms. The highest BCUT2D eigenvalue weighted by Gasteiger charge is 2.46. The molecule has 2 aliphatic rings. The molecular weight excluding hydrogens is 602 g/mol. The normalized spacial score (nSPS) is 20.4. The summed E-state index contributed by atoms with van der Waals surface area (Å²) in [5, 5.41) is 18.7. The minimum Gasteiger partial charge on any atom is -0.467 e. The molecule has 246 valence electrons. The van der Waals surface area contributed by atoms with Crippen LogP contribution in [0.25, 0.3) is 0 Å². The van der Waals surface area contributed by atoms with Gasteiger partial charge in [0.15, 0.2) is 5.78 Å². The predicted octanol–water partition coefficient (Wildman–Crippen LogP) is 3.12. The zero-order valence-electron chi connectivity index (χ0n) is 27.1. The summed E-state index contributed by atoms with van der Waals surface area (Å²) >= 11 is 1.58. The van der Waals surface area contributed by atoms with Crippen molar-refractivity contribution in [1.29, 1.82) is 5.26 Å². The molecule has 0 saturated carbocycles. The SMILES string of the molecule is CC[C@H](C)[C@H](NCc1ccc(C#N)cc1)C(C(=O)C1CCC(=O)N1)N1Cc2ccccc2C[C@H]1C(=O)NC(CCSC)C(=O)OC. The number of amides is 2. The number of hydrogen-bond donors (Lipinski definition) is 3. The minimum atomic E-state index is -0.813. The smallest absolute Gasteiger partial charge is 0.328 e. The quantitative estimate of drug-likeness (QED) is 0.249. The summed E-state index contributed by atoms with van der Waals surface area (Å²) < 4.78 is 5.02. The second-order valence-electron chi connectivity index (χ2n) is 12.1. The molecule has 1 fully saturated rings. The molecule has 0 aromatic heterocycles. The lowest BCUT2D eigenvalue weighted by Gasteiger charge is -2.45. The van der Waals surface area contributed by atoms with Gasteiger partial charge in [0.05, 0.1) is 36.9 Å². The first-order valence-corrected chi connectivity index (χ1v) is 17.3. The summed E-state index contributed by atoms with van der Waals surface area (Å²) in [5.41, 5.74) is 3.57. The standard InChI is InChI=1S/C35H45N5O5S/c1-5-22(2)31(37-20-24-12-10-23(19-36)11-13-24)32(33(42)27-14-15-30(41)38-27)40-21-26-9-7-6-8-25(26)18-29(40)34(43)39-28(16-17-46-4)35(44)45-3/h6-13,22,27-29,31-32,37H,5,14-18,20-21H2,1-4H3,(H,38,41)(H,39,43)/t22-,27?,28?,29-,31-,32?/m0/s1. The average molecular weight is 648 g/mol. The number of thioether (sulfide) groups is 1. The maximum Gasteiger partial charge on any atom is 0.328 e. The average Bonchev–Trinajstić information content (AvgIpc) is 3.53. The van der Waals surface area contributed by atoms with E-state index in [4.69, 9.17) is 4.74 Å². The summed E-state index contributed by atoms with van der Waals surface area (Å²) in [7, 11) is 1.31. The van der Waals surface area contributed by atoms with E-state index in [0.717, 1.165) is 23.1 Å². The minimum absolute atomic E-state index is 0.0229. The van der Waals surface area contributed by atoms with E-state index in [1.165, 1.54) is 7.11 Å². The molecular formula is C35H45N5O5S. The molecule has 46 heavy (non-hydrogen) atoms. The summed E-state index contributed by atoms with van der Waals surface area (Å²) in [6.45, 7) is 4.96. The van der Waals surface area contributed by atoms with Gasteiger partial charge in [0.1, 0.15) is 6.04 Å². The third-order valence-electron chi connectivity index (χ3n) is 9.21. The second-order valence-corrected chi connectivity index (χ2v) is 13.1. The van der Waals surface area contributed by atoms with Crippen LogP contribution >= 0.6 is 11.8 Å². The Labute approximate surface area is 276 Å². The van der Waals surface area contributed by atoms with Crippen molar-refractivity contribution in [3.05, 3.63) is 70.8 Å². The van der Waals surface area contributed by atoms with Crippen LogP contribution in [0.5, 0.6) is 0 Å². The highest BCUT2D eigenvalue weighted by Crippen LogP contribution is 2.31. The molecule has 10 nitrogen and oxygen atoms in total. The van der Waals surface area contributed by atoms with Crippen molar-refractivity contribution in [1.82, 2.24) is 20.9 Å². The van der Waals surface area contributed by atoms with Gasteiger partial charge < -0.3 is 20.7 Å². The van der Waals surface area contributed by atoms with Crippen molar-refractivity contribution >= 4 is 35.3 Å². The Morgan fingerprint density at radius 2 is 1.87 bits per heavy atom. The highest BCUT2D eigenvalue weighted by atomic mass is 32.2. The van der Waals surface area contributed by atoms with Gasteiger partial charge in [0.25, 0.3) is 0 Å². The van der Waals surface area contributed by atoms with E-state index in [-0.39, 0.29) is 36.0 Å². The molecule has 6 atom stereocenters. The Balaban J connectivity index is 1.75. The number of carbonyl (C=O) groups excluding carboxylic acids is 4. The fourth-order valence-electron chi connectivity index (χ4n) is 6.36. The summed E-state index contributed by atoms with van der Waals surface area (Å²) in [5.74, 6) is -0.449. The van der Waals surface area contributed by atoms with Crippen molar-refractivity contribution < 1.29 is 23.9 Å². The number of carbonyl (C=O) groups is 4. The van der Waals surface area contributed by atoms with Crippen molar-refractivity contribution in [3.8, 4) is 6.07 Å². The van der Waals surface area contributed by atoms with E-state index in [1.54, 1.807) is 23.9 Å². The first kappa shape index (κ1) is 35.1. The molecule has 4 rings (SSSR count). The number of nitrogens with one attached hydrogen (secondary N) is 3. The van der Waals surface area contributed by atoms with Crippen LogP contribution in [0.3, 0.4) is 0 Å². The van der Waals surface area contributed by atoms with Crippen LogP contribution in [0.1, 0.15) is 61.8 Å². The maximum absolute atomic E-state index is 14.6. The number of esters is 1. The lowest BCUT2D eigenvalue weighted by molar-refractivity contribution is -0.147. The largest absolute Gasteiger partial charge is 0.467 e. The third-order valence-corrected chi connectivity index (χ3v) is 9.85. The van der Waals surface area contributed by atoms with Crippen LogP contribution in [0, 0.1) is 17.2 Å². The number of fused-ring (bicyclic) bond motifs is 1. The molecule has 0 bridgehead atoms. The lowest BCUT2D eigenvalue weighted by atomic mass is 9.83. The van der Waals surface area contributed by atoms with Crippen molar-refractivity contribution in [2.24, 2.45) is 5.92 Å². The Bertz CT molecular complexity index is 1430. The van der Waals surface area contributed by atoms with Gasteiger partial charge in [0.2, 0.25) is 11.8 Å². The first-order valence-electron chi connectivity index (χ1n) is 16.0. The van der Waals surface area contributed by atoms with E-state index < -0.39 is 30.1 Å². The molecule has 11 heteroatoms. The molecule has 3 unspecified atom stereocenters. The van der Waals surface area contributed by atoms with Crippen molar-refractivity contribution in [3.63, 3.8) is 0 Å². The second kappa shape index (κ2) is 16.7. The van der Waals surface area contributed by atoms with Gasteiger partial charge in [-0.3, -0.25) is 19.3 Å². The van der Waals surface area contributed by atoms with Gasteiger partial charge in [-0.15, -0.1) is 0 Å². The molecule has 2 heterocycles. The molecule has 1 saturated heterocycles. The number of hydrogen-bond acceptors (Lipinski definition) is 9. The van der Waals surface area contributed by atoms with E-state index in [2.05, 4.69) is 35.9 Å². The Morgan fingerprint density at radius 3 is 2.48 bits per heavy atom. The van der Waals surface area contributed by atoms with Gasteiger partial charge in [-0.05, 0) is 66.0 Å². The van der Waals surface area contributed by atoms with Gasteiger partial charge in [-0.1, -0.05) is 56.7 Å². The highest BCUT2D eigenvalue weighted by molar-refractivity contribution is 7.98. The lowest BCUT2D eigenvalue weighted by Crippen LogP contribution is -2.65. The number of methoxy groups -OCH3 is 1. The number of nitrogens with zero attached hydrogens (tertiary/aromatic N) is 2. The van der Waals surface area contributed by atoms with Gasteiger partial charge >= 0.3 is 5.97 Å². The molecule has 2 aromatic carbocycles. The fraction of sp³-hybridized carbons (Fsp3) is 0.514. The Hall–Kier alpha value is -3.72.